The van der Waals surface area contributed by atoms with Crippen molar-refractivity contribution in [3.63, 3.8) is 0 Å². The number of methoxy groups -OCH3 is 3. The zero-order valence-corrected chi connectivity index (χ0v) is 18.8. The summed E-state index contributed by atoms with van der Waals surface area (Å²) in [6.07, 6.45) is 1.38. The maximum atomic E-state index is 12.8. The Morgan fingerprint density at radius 3 is 2.31 bits per heavy atom. The van der Waals surface area contributed by atoms with E-state index in [-0.39, 0.29) is 23.5 Å². The second kappa shape index (κ2) is 10.4. The van der Waals surface area contributed by atoms with Crippen molar-refractivity contribution in [3.05, 3.63) is 47.5 Å². The SMILES string of the molecule is COc1cc(OC)c(/C=N/NC(=O)c2cccc(S(=O)(=O)N3CCOCC3)c2)c(OC)c1. The number of ether oxygens (including phenoxy) is 4. The highest BCUT2D eigenvalue weighted by Gasteiger charge is 2.26. The zero-order chi connectivity index (χ0) is 23.1. The Kier molecular flexibility index (Phi) is 7.67. The van der Waals surface area contributed by atoms with Gasteiger partial charge in [-0.25, -0.2) is 13.8 Å². The molecule has 0 bridgehead atoms. The monoisotopic (exact) mass is 463 g/mol. The third-order valence-corrected chi connectivity index (χ3v) is 6.71. The number of hydrogen-bond acceptors (Lipinski definition) is 8. The van der Waals surface area contributed by atoms with Gasteiger partial charge in [0.2, 0.25) is 10.0 Å². The maximum absolute atomic E-state index is 12.8. The van der Waals surface area contributed by atoms with E-state index in [9.17, 15) is 13.2 Å². The van der Waals surface area contributed by atoms with Crippen LogP contribution < -0.4 is 19.6 Å². The molecule has 1 aliphatic heterocycles. The fourth-order valence-electron chi connectivity index (χ4n) is 3.11. The summed E-state index contributed by atoms with van der Waals surface area (Å²) in [6.45, 7) is 1.22. The third-order valence-electron chi connectivity index (χ3n) is 4.82. The number of nitrogens with one attached hydrogen (secondary N) is 1. The van der Waals surface area contributed by atoms with Gasteiger partial charge in [-0.05, 0) is 18.2 Å². The van der Waals surface area contributed by atoms with Crippen LogP contribution in [0.15, 0.2) is 46.4 Å². The minimum atomic E-state index is -3.72. The number of benzene rings is 2. The first kappa shape index (κ1) is 23.5. The molecule has 2 aromatic rings. The van der Waals surface area contributed by atoms with Crippen molar-refractivity contribution in [2.45, 2.75) is 4.90 Å². The molecule has 172 valence electrons. The number of sulfonamides is 1. The second-order valence-corrected chi connectivity index (χ2v) is 8.63. The lowest BCUT2D eigenvalue weighted by Gasteiger charge is -2.26. The predicted molar refractivity (Wildman–Crippen MR) is 117 cm³/mol. The average Bonchev–Trinajstić information content (AvgIpc) is 2.84. The molecule has 11 heteroatoms. The Morgan fingerprint density at radius 2 is 1.72 bits per heavy atom. The minimum Gasteiger partial charge on any atom is -0.496 e. The molecule has 1 N–H and O–H groups in total. The largest absolute Gasteiger partial charge is 0.496 e. The van der Waals surface area contributed by atoms with Crippen molar-refractivity contribution >= 4 is 22.1 Å². The summed E-state index contributed by atoms with van der Waals surface area (Å²) in [5, 5.41) is 3.97. The highest BCUT2D eigenvalue weighted by Crippen LogP contribution is 2.32. The summed E-state index contributed by atoms with van der Waals surface area (Å²) < 4.78 is 48.1. The van der Waals surface area contributed by atoms with Crippen molar-refractivity contribution in [2.24, 2.45) is 5.10 Å². The van der Waals surface area contributed by atoms with Crippen LogP contribution in [0.3, 0.4) is 0 Å². The number of nitrogens with zero attached hydrogens (tertiary/aromatic N) is 2. The molecule has 1 amide bonds. The number of hydrogen-bond donors (Lipinski definition) is 1. The average molecular weight is 464 g/mol. The topological polar surface area (TPSA) is 116 Å². The molecule has 10 nitrogen and oxygen atoms in total. The summed E-state index contributed by atoms with van der Waals surface area (Å²) in [7, 11) is 0.788. The smallest absolute Gasteiger partial charge is 0.271 e. The number of amides is 1. The van der Waals surface area contributed by atoms with Crippen molar-refractivity contribution in [2.75, 3.05) is 47.6 Å². The molecular weight excluding hydrogens is 438 g/mol. The zero-order valence-electron chi connectivity index (χ0n) is 18.0. The summed E-state index contributed by atoms with van der Waals surface area (Å²) >= 11 is 0. The van der Waals surface area contributed by atoms with Gasteiger partial charge in [-0.1, -0.05) is 6.07 Å². The van der Waals surface area contributed by atoms with Gasteiger partial charge in [0.15, 0.2) is 0 Å². The van der Waals surface area contributed by atoms with Crippen molar-refractivity contribution in [3.8, 4) is 17.2 Å². The molecule has 0 saturated carbocycles. The normalized spacial score (nSPS) is 14.8. The van der Waals surface area contributed by atoms with E-state index < -0.39 is 15.9 Å². The standard InChI is InChI=1S/C21H25N3O7S/c1-28-16-12-19(29-2)18(20(13-16)30-3)14-22-23-21(25)15-5-4-6-17(11-15)32(26,27)24-7-9-31-10-8-24/h4-6,11-14H,7-10H2,1-3H3,(H,23,25)/b22-14+. The van der Waals surface area contributed by atoms with Crippen LogP contribution in [0.4, 0.5) is 0 Å². The van der Waals surface area contributed by atoms with Gasteiger partial charge in [0.05, 0.1) is 51.2 Å². The van der Waals surface area contributed by atoms with Gasteiger partial charge < -0.3 is 18.9 Å². The van der Waals surface area contributed by atoms with Gasteiger partial charge in [-0.3, -0.25) is 4.79 Å². The number of carbonyl (C=O) groups is 1. The lowest BCUT2D eigenvalue weighted by Crippen LogP contribution is -2.40. The minimum absolute atomic E-state index is 0.0366. The van der Waals surface area contributed by atoms with Gasteiger partial charge >= 0.3 is 0 Å². The number of hydrazone groups is 1. The molecule has 1 fully saturated rings. The molecule has 0 radical (unpaired) electrons. The summed E-state index contributed by atoms with van der Waals surface area (Å²) in [5.41, 5.74) is 3.05. The van der Waals surface area contributed by atoms with Crippen LogP contribution in [0.25, 0.3) is 0 Å². The Labute approximate surface area is 186 Å². The maximum Gasteiger partial charge on any atom is 0.271 e. The first-order valence-electron chi connectivity index (χ1n) is 9.72. The first-order chi connectivity index (χ1) is 15.4. The van der Waals surface area contributed by atoms with E-state index in [1.807, 2.05) is 0 Å². The lowest BCUT2D eigenvalue weighted by molar-refractivity contribution is 0.0730. The van der Waals surface area contributed by atoms with Crippen LogP contribution >= 0.6 is 0 Å². The first-order valence-corrected chi connectivity index (χ1v) is 11.2. The van der Waals surface area contributed by atoms with Crippen LogP contribution in [-0.4, -0.2) is 72.5 Å². The quantitative estimate of drug-likeness (QED) is 0.466. The molecule has 0 aromatic heterocycles. The molecule has 32 heavy (non-hydrogen) atoms. The molecule has 3 rings (SSSR count). The van der Waals surface area contributed by atoms with E-state index in [2.05, 4.69) is 10.5 Å². The van der Waals surface area contributed by atoms with Crippen molar-refractivity contribution in [1.82, 2.24) is 9.73 Å². The number of rotatable bonds is 8. The van der Waals surface area contributed by atoms with E-state index in [0.29, 0.717) is 36.0 Å². The molecule has 1 heterocycles. The van der Waals surface area contributed by atoms with Crippen molar-refractivity contribution in [1.29, 1.82) is 0 Å². The van der Waals surface area contributed by atoms with Gasteiger partial charge in [0, 0.05) is 30.8 Å². The molecule has 0 atom stereocenters. The Morgan fingerprint density at radius 1 is 1.06 bits per heavy atom. The number of carbonyl (C=O) groups excluding carboxylic acids is 1. The summed E-state index contributed by atoms with van der Waals surface area (Å²) in [4.78, 5) is 12.6. The molecule has 1 saturated heterocycles. The van der Waals surface area contributed by atoms with Gasteiger partial charge in [0.1, 0.15) is 17.2 Å². The number of morpholine rings is 1. The Balaban J connectivity index is 1.77. The van der Waals surface area contributed by atoms with E-state index >= 15 is 0 Å². The Bertz CT molecular complexity index is 1070. The highest BCUT2D eigenvalue weighted by molar-refractivity contribution is 7.89. The van der Waals surface area contributed by atoms with Gasteiger partial charge in [-0.2, -0.15) is 9.41 Å². The van der Waals surface area contributed by atoms with E-state index in [0.717, 1.165) is 0 Å². The highest BCUT2D eigenvalue weighted by atomic mass is 32.2. The van der Waals surface area contributed by atoms with Crippen LogP contribution in [0.2, 0.25) is 0 Å². The molecule has 0 spiro atoms. The molecule has 1 aliphatic rings. The fourth-order valence-corrected chi connectivity index (χ4v) is 4.57. The second-order valence-electron chi connectivity index (χ2n) is 6.69. The predicted octanol–water partition coefficient (Wildman–Crippen LogP) is 1.50. The van der Waals surface area contributed by atoms with Gasteiger partial charge in [-0.15, -0.1) is 0 Å². The fraction of sp³-hybridized carbons (Fsp3) is 0.333. The van der Waals surface area contributed by atoms with Crippen molar-refractivity contribution < 1.29 is 32.2 Å². The third kappa shape index (κ3) is 5.18. The molecule has 0 aliphatic carbocycles. The van der Waals surface area contributed by atoms with Crippen LogP contribution in [0.5, 0.6) is 17.2 Å². The van der Waals surface area contributed by atoms with Crippen LogP contribution in [-0.2, 0) is 14.8 Å². The summed E-state index contributed by atoms with van der Waals surface area (Å²) in [5.74, 6) is 0.862. The van der Waals surface area contributed by atoms with E-state index in [4.69, 9.17) is 18.9 Å². The summed E-state index contributed by atoms with van der Waals surface area (Å²) in [6, 6.07) is 9.12. The Hall–Kier alpha value is -3.15. The van der Waals surface area contributed by atoms with Crippen LogP contribution in [0.1, 0.15) is 15.9 Å². The van der Waals surface area contributed by atoms with E-state index in [1.165, 1.54) is 56.1 Å². The molecule has 0 unspecified atom stereocenters. The molecule has 2 aromatic carbocycles. The van der Waals surface area contributed by atoms with Gasteiger partial charge in [0.25, 0.3) is 5.91 Å². The molecular formula is C21H25N3O7S. The lowest BCUT2D eigenvalue weighted by atomic mass is 10.2. The van der Waals surface area contributed by atoms with Crippen LogP contribution in [0, 0.1) is 0 Å². The van der Waals surface area contributed by atoms with E-state index in [1.54, 1.807) is 12.1 Å².